The molecule has 29 heavy (non-hydrogen) atoms. The molecule has 2 aromatic rings. The Hall–Kier alpha value is -3.07. The normalized spacial score (nSPS) is 19.0. The van der Waals surface area contributed by atoms with Crippen LogP contribution in [0.25, 0.3) is 0 Å². The summed E-state index contributed by atoms with van der Waals surface area (Å²) < 4.78 is 0. The molecule has 9 nitrogen and oxygen atoms in total. The summed E-state index contributed by atoms with van der Waals surface area (Å²) in [4.78, 5) is 41.5. The Kier molecular flexibility index (Phi) is 6.07. The molecule has 3 rings (SSSR count). The Morgan fingerprint density at radius 2 is 2.00 bits per heavy atom. The number of aromatic nitrogens is 3. The van der Waals surface area contributed by atoms with Crippen molar-refractivity contribution in [2.75, 3.05) is 32.1 Å². The van der Waals surface area contributed by atoms with Crippen molar-refractivity contribution in [2.24, 2.45) is 0 Å². The summed E-state index contributed by atoms with van der Waals surface area (Å²) >= 11 is 0. The highest BCUT2D eigenvalue weighted by Crippen LogP contribution is 2.17. The van der Waals surface area contributed by atoms with Gasteiger partial charge in [0.25, 0.3) is 11.8 Å². The third-order valence-corrected chi connectivity index (χ3v) is 4.91. The van der Waals surface area contributed by atoms with E-state index in [1.807, 2.05) is 21.0 Å². The van der Waals surface area contributed by atoms with Gasteiger partial charge in [-0.25, -0.2) is 9.97 Å². The van der Waals surface area contributed by atoms with Crippen molar-refractivity contribution in [3.63, 3.8) is 0 Å². The minimum atomic E-state index is -0.728. The van der Waals surface area contributed by atoms with Crippen molar-refractivity contribution in [3.05, 3.63) is 47.0 Å². The molecule has 3 heterocycles. The molecule has 0 unspecified atom stereocenters. The molecule has 9 heteroatoms. The number of carbonyl (C=O) groups is 2. The summed E-state index contributed by atoms with van der Waals surface area (Å²) in [5.74, 6) is -0.00408. The van der Waals surface area contributed by atoms with E-state index in [9.17, 15) is 14.7 Å². The largest absolute Gasteiger partial charge is 0.391 e. The van der Waals surface area contributed by atoms with Crippen molar-refractivity contribution in [1.29, 1.82) is 0 Å². The highest BCUT2D eigenvalue weighted by atomic mass is 16.3. The highest BCUT2D eigenvalue weighted by molar-refractivity contribution is 5.96. The monoisotopic (exact) mass is 398 g/mol. The molecule has 2 aromatic heterocycles. The highest BCUT2D eigenvalue weighted by Gasteiger charge is 2.32. The van der Waals surface area contributed by atoms with Gasteiger partial charge in [-0.1, -0.05) is 0 Å². The summed E-state index contributed by atoms with van der Waals surface area (Å²) in [5, 5.41) is 13.2. The lowest BCUT2D eigenvalue weighted by atomic mass is 10.0. The minimum absolute atomic E-state index is 0.208. The number of aliphatic hydroxyl groups excluding tert-OH is 1. The van der Waals surface area contributed by atoms with E-state index in [4.69, 9.17) is 0 Å². The third kappa shape index (κ3) is 4.68. The topological polar surface area (TPSA) is 112 Å². The van der Waals surface area contributed by atoms with Gasteiger partial charge in [0.05, 0.1) is 29.0 Å². The van der Waals surface area contributed by atoms with Crippen LogP contribution in [0.15, 0.2) is 24.7 Å². The number of amides is 2. The SMILES string of the molecule is Cc1cncc(C(=O)N[C@@H]2CN(C(=O)c3cnc(N(C)C)nc3C)CC[C@H]2O)c1. The van der Waals surface area contributed by atoms with Gasteiger partial charge in [0, 0.05) is 45.8 Å². The first-order valence-electron chi connectivity index (χ1n) is 9.47. The van der Waals surface area contributed by atoms with Crippen LogP contribution in [0, 0.1) is 13.8 Å². The van der Waals surface area contributed by atoms with Crippen LogP contribution in [0.3, 0.4) is 0 Å². The van der Waals surface area contributed by atoms with Gasteiger partial charge in [-0.2, -0.15) is 0 Å². The van der Waals surface area contributed by atoms with Crippen LogP contribution in [-0.4, -0.2) is 76.1 Å². The van der Waals surface area contributed by atoms with Gasteiger partial charge in [0.2, 0.25) is 5.95 Å². The number of rotatable bonds is 4. The maximum absolute atomic E-state index is 13.0. The fourth-order valence-electron chi connectivity index (χ4n) is 3.25. The van der Waals surface area contributed by atoms with Gasteiger partial charge < -0.3 is 20.2 Å². The molecule has 0 saturated carbocycles. The average Bonchev–Trinajstić information content (AvgIpc) is 2.69. The zero-order valence-electron chi connectivity index (χ0n) is 17.1. The fraction of sp³-hybridized carbons (Fsp3) is 0.450. The molecule has 1 saturated heterocycles. The molecule has 1 fully saturated rings. The molecule has 2 N–H and O–H groups in total. The molecule has 154 valence electrons. The van der Waals surface area contributed by atoms with Crippen molar-refractivity contribution in [3.8, 4) is 0 Å². The quantitative estimate of drug-likeness (QED) is 0.774. The molecule has 2 amide bonds. The number of nitrogens with zero attached hydrogens (tertiary/aromatic N) is 5. The van der Waals surface area contributed by atoms with Gasteiger partial charge in [0.1, 0.15) is 0 Å². The van der Waals surface area contributed by atoms with E-state index in [0.29, 0.717) is 35.7 Å². The van der Waals surface area contributed by atoms with E-state index in [-0.39, 0.29) is 18.4 Å². The second-order valence-electron chi connectivity index (χ2n) is 7.50. The van der Waals surface area contributed by atoms with Gasteiger partial charge in [-0.05, 0) is 31.9 Å². The van der Waals surface area contributed by atoms with Crippen LogP contribution in [-0.2, 0) is 0 Å². The van der Waals surface area contributed by atoms with Crippen LogP contribution in [0.4, 0.5) is 5.95 Å². The summed E-state index contributed by atoms with van der Waals surface area (Å²) in [6.45, 7) is 4.23. The van der Waals surface area contributed by atoms with Crippen LogP contribution in [0.5, 0.6) is 0 Å². The van der Waals surface area contributed by atoms with Crippen LogP contribution < -0.4 is 10.2 Å². The molecule has 1 aliphatic rings. The number of anilines is 1. The third-order valence-electron chi connectivity index (χ3n) is 4.91. The summed E-state index contributed by atoms with van der Waals surface area (Å²) in [5.41, 5.74) is 2.30. The van der Waals surface area contributed by atoms with Crippen LogP contribution in [0.2, 0.25) is 0 Å². The van der Waals surface area contributed by atoms with Crippen LogP contribution >= 0.6 is 0 Å². The predicted molar refractivity (Wildman–Crippen MR) is 108 cm³/mol. The number of carbonyl (C=O) groups excluding carboxylic acids is 2. The number of aryl methyl sites for hydroxylation is 2. The number of pyridine rings is 1. The van der Waals surface area contributed by atoms with Crippen LogP contribution in [0.1, 0.15) is 38.4 Å². The lowest BCUT2D eigenvalue weighted by molar-refractivity contribution is 0.0358. The molecule has 2 atom stereocenters. The number of nitrogens with one attached hydrogen (secondary N) is 1. The molecular formula is C20H26N6O3. The first-order valence-corrected chi connectivity index (χ1v) is 9.47. The van der Waals surface area contributed by atoms with E-state index in [1.54, 1.807) is 29.0 Å². The molecule has 0 spiro atoms. The second kappa shape index (κ2) is 8.52. The van der Waals surface area contributed by atoms with Gasteiger partial charge in [-0.3, -0.25) is 14.6 Å². The van der Waals surface area contributed by atoms with Crippen molar-refractivity contribution < 1.29 is 14.7 Å². The number of aliphatic hydroxyl groups is 1. The fourth-order valence-corrected chi connectivity index (χ4v) is 3.25. The maximum Gasteiger partial charge on any atom is 0.257 e. The maximum atomic E-state index is 13.0. The second-order valence-corrected chi connectivity index (χ2v) is 7.50. The van der Waals surface area contributed by atoms with Gasteiger partial charge in [0.15, 0.2) is 0 Å². The first kappa shape index (κ1) is 20.7. The molecule has 0 radical (unpaired) electrons. The van der Waals surface area contributed by atoms with E-state index in [1.165, 1.54) is 12.4 Å². The lowest BCUT2D eigenvalue weighted by Gasteiger charge is -2.36. The molecule has 0 aromatic carbocycles. The van der Waals surface area contributed by atoms with E-state index < -0.39 is 12.1 Å². The summed E-state index contributed by atoms with van der Waals surface area (Å²) in [7, 11) is 3.67. The van der Waals surface area contributed by atoms with Crippen molar-refractivity contribution in [2.45, 2.75) is 32.4 Å². The summed E-state index contributed by atoms with van der Waals surface area (Å²) in [6.07, 6.45) is 4.32. The average molecular weight is 398 g/mol. The molecule has 0 bridgehead atoms. The number of likely N-dealkylation sites (tertiary alicyclic amines) is 1. The summed E-state index contributed by atoms with van der Waals surface area (Å²) in [6, 6.07) is 1.16. The Morgan fingerprint density at radius 3 is 2.66 bits per heavy atom. The Balaban J connectivity index is 1.72. The van der Waals surface area contributed by atoms with Gasteiger partial charge >= 0.3 is 0 Å². The minimum Gasteiger partial charge on any atom is -0.391 e. The Labute approximate surface area is 169 Å². The number of piperidine rings is 1. The first-order chi connectivity index (χ1) is 13.8. The smallest absolute Gasteiger partial charge is 0.257 e. The number of hydrogen-bond donors (Lipinski definition) is 2. The standard InChI is InChI=1S/C20H26N6O3/c1-12-7-14(9-21-8-12)18(28)24-16-11-26(6-5-17(16)27)19(29)15-10-22-20(25(3)4)23-13(15)2/h7-10,16-17,27H,5-6,11H2,1-4H3,(H,24,28)/t16-,17-/m1/s1. The zero-order valence-corrected chi connectivity index (χ0v) is 17.1. The lowest BCUT2D eigenvalue weighted by Crippen LogP contribution is -2.56. The van der Waals surface area contributed by atoms with E-state index in [2.05, 4.69) is 20.3 Å². The number of hydrogen-bond acceptors (Lipinski definition) is 7. The van der Waals surface area contributed by atoms with E-state index >= 15 is 0 Å². The Bertz CT molecular complexity index is 917. The van der Waals surface area contributed by atoms with Gasteiger partial charge in [-0.15, -0.1) is 0 Å². The van der Waals surface area contributed by atoms with E-state index in [0.717, 1.165) is 5.56 Å². The van der Waals surface area contributed by atoms with Crippen molar-refractivity contribution >= 4 is 17.8 Å². The zero-order chi connectivity index (χ0) is 21.1. The van der Waals surface area contributed by atoms with Crippen molar-refractivity contribution in [1.82, 2.24) is 25.2 Å². The molecule has 0 aliphatic carbocycles. The Morgan fingerprint density at radius 1 is 1.24 bits per heavy atom. The molecule has 1 aliphatic heterocycles. The molecular weight excluding hydrogens is 372 g/mol. The predicted octanol–water partition coefficient (Wildman–Crippen LogP) is 0.560.